The summed E-state index contributed by atoms with van der Waals surface area (Å²) in [6.45, 7) is 4.73. The molecule has 1 rings (SSSR count). The Hall–Kier alpha value is -0.810. The lowest BCUT2D eigenvalue weighted by Crippen LogP contribution is -2.32. The van der Waals surface area contributed by atoms with Crippen LogP contribution in [-0.4, -0.2) is 24.0 Å². The fraction of sp³-hybridized carbons (Fsp3) is 0.571. The van der Waals surface area contributed by atoms with Gasteiger partial charge < -0.3 is 10.4 Å². The largest absolute Gasteiger partial charge is 0.396 e. The van der Waals surface area contributed by atoms with Crippen molar-refractivity contribution in [3.05, 3.63) is 24.3 Å². The third-order valence-electron chi connectivity index (χ3n) is 3.59. The molecule has 0 aliphatic heterocycles. The third kappa shape index (κ3) is 4.66. The zero-order valence-electron chi connectivity index (χ0n) is 11.3. The first kappa shape index (κ1) is 16.2. The van der Waals surface area contributed by atoms with E-state index < -0.39 is 5.76 Å². The molecule has 0 radical (unpaired) electrons. The molecule has 0 spiro atoms. The standard InChI is InChI=1S/C14H21F2NOS/c1-3-14(4-2,10-18)9-17-11-7-5-6-8-12(11)19-13(15)16/h5-8,13,17-18H,3-4,9-10H2,1-2H3. The smallest absolute Gasteiger partial charge is 0.288 e. The van der Waals surface area contributed by atoms with Crippen molar-refractivity contribution in [1.82, 2.24) is 0 Å². The lowest BCUT2D eigenvalue weighted by Gasteiger charge is -2.30. The van der Waals surface area contributed by atoms with E-state index in [0.29, 0.717) is 28.9 Å². The summed E-state index contributed by atoms with van der Waals surface area (Å²) in [5.74, 6) is -2.43. The maximum atomic E-state index is 12.5. The van der Waals surface area contributed by atoms with E-state index in [2.05, 4.69) is 5.32 Å². The van der Waals surface area contributed by atoms with Gasteiger partial charge in [0, 0.05) is 22.5 Å². The van der Waals surface area contributed by atoms with Crippen molar-refractivity contribution in [3.63, 3.8) is 0 Å². The molecule has 0 aliphatic rings. The minimum absolute atomic E-state index is 0.0944. The molecule has 0 saturated carbocycles. The Morgan fingerprint density at radius 2 is 1.89 bits per heavy atom. The van der Waals surface area contributed by atoms with Gasteiger partial charge in [0.25, 0.3) is 5.76 Å². The highest BCUT2D eigenvalue weighted by atomic mass is 32.2. The van der Waals surface area contributed by atoms with Gasteiger partial charge in [-0.3, -0.25) is 0 Å². The van der Waals surface area contributed by atoms with Gasteiger partial charge in [-0.15, -0.1) is 0 Å². The highest BCUT2D eigenvalue weighted by Crippen LogP contribution is 2.33. The van der Waals surface area contributed by atoms with Gasteiger partial charge in [-0.2, -0.15) is 8.78 Å². The van der Waals surface area contributed by atoms with Gasteiger partial charge in [-0.1, -0.05) is 37.7 Å². The molecule has 19 heavy (non-hydrogen) atoms. The molecular formula is C14H21F2NOS. The summed E-state index contributed by atoms with van der Waals surface area (Å²) in [4.78, 5) is 0.538. The maximum absolute atomic E-state index is 12.5. The summed E-state index contributed by atoms with van der Waals surface area (Å²) < 4.78 is 24.9. The number of nitrogens with one attached hydrogen (secondary N) is 1. The molecule has 0 atom stereocenters. The van der Waals surface area contributed by atoms with Crippen molar-refractivity contribution < 1.29 is 13.9 Å². The molecule has 2 nitrogen and oxygen atoms in total. The quantitative estimate of drug-likeness (QED) is 0.703. The Kier molecular flexibility index (Phi) is 6.58. The average Bonchev–Trinajstić information content (AvgIpc) is 2.42. The van der Waals surface area contributed by atoms with Crippen LogP contribution in [0.3, 0.4) is 0 Å². The summed E-state index contributed by atoms with van der Waals surface area (Å²) in [7, 11) is 0. The average molecular weight is 289 g/mol. The van der Waals surface area contributed by atoms with Crippen LogP contribution in [0.4, 0.5) is 14.5 Å². The van der Waals surface area contributed by atoms with E-state index in [1.807, 2.05) is 19.9 Å². The number of aliphatic hydroxyl groups excluding tert-OH is 1. The SMILES string of the molecule is CCC(CC)(CO)CNc1ccccc1SC(F)F. The molecule has 0 unspecified atom stereocenters. The highest BCUT2D eigenvalue weighted by molar-refractivity contribution is 7.99. The zero-order chi connectivity index (χ0) is 14.3. The van der Waals surface area contributed by atoms with E-state index in [1.54, 1.807) is 18.2 Å². The Morgan fingerprint density at radius 1 is 1.26 bits per heavy atom. The van der Waals surface area contributed by atoms with E-state index in [-0.39, 0.29) is 12.0 Å². The van der Waals surface area contributed by atoms with Crippen LogP contribution in [0.15, 0.2) is 29.2 Å². The van der Waals surface area contributed by atoms with Gasteiger partial charge >= 0.3 is 0 Å². The van der Waals surface area contributed by atoms with E-state index in [1.165, 1.54) is 0 Å². The first-order valence-electron chi connectivity index (χ1n) is 6.45. The lowest BCUT2D eigenvalue weighted by atomic mass is 9.83. The van der Waals surface area contributed by atoms with E-state index in [0.717, 1.165) is 12.8 Å². The van der Waals surface area contributed by atoms with Gasteiger partial charge in [0.15, 0.2) is 0 Å². The van der Waals surface area contributed by atoms with Gasteiger partial charge in [0.2, 0.25) is 0 Å². The van der Waals surface area contributed by atoms with Crippen LogP contribution in [0, 0.1) is 5.41 Å². The third-order valence-corrected chi connectivity index (χ3v) is 4.38. The van der Waals surface area contributed by atoms with Crippen molar-refractivity contribution in [3.8, 4) is 0 Å². The Bertz CT molecular complexity index is 375. The van der Waals surface area contributed by atoms with Crippen LogP contribution in [0.5, 0.6) is 0 Å². The number of halogens is 2. The predicted molar refractivity (Wildman–Crippen MR) is 76.9 cm³/mol. The number of para-hydroxylation sites is 1. The van der Waals surface area contributed by atoms with Gasteiger partial charge in [-0.05, 0) is 25.0 Å². The summed E-state index contributed by atoms with van der Waals surface area (Å²) in [5.41, 5.74) is 0.510. The first-order valence-corrected chi connectivity index (χ1v) is 7.33. The molecule has 0 aliphatic carbocycles. The van der Waals surface area contributed by atoms with Crippen LogP contribution < -0.4 is 5.32 Å². The Labute approximate surface area is 117 Å². The molecule has 1 aromatic carbocycles. The number of hydrogen-bond donors (Lipinski definition) is 2. The fourth-order valence-electron chi connectivity index (χ4n) is 1.87. The molecule has 0 amide bonds. The minimum atomic E-state index is -2.43. The maximum Gasteiger partial charge on any atom is 0.288 e. The van der Waals surface area contributed by atoms with E-state index in [4.69, 9.17) is 0 Å². The molecule has 0 bridgehead atoms. The normalized spacial score (nSPS) is 11.9. The van der Waals surface area contributed by atoms with Crippen molar-refractivity contribution in [1.29, 1.82) is 0 Å². The molecule has 0 fully saturated rings. The second kappa shape index (κ2) is 7.70. The van der Waals surface area contributed by atoms with Gasteiger partial charge in [0.05, 0.1) is 6.61 Å². The highest BCUT2D eigenvalue weighted by Gasteiger charge is 2.25. The lowest BCUT2D eigenvalue weighted by molar-refractivity contribution is 0.127. The van der Waals surface area contributed by atoms with Crippen LogP contribution >= 0.6 is 11.8 Å². The van der Waals surface area contributed by atoms with Crippen LogP contribution in [-0.2, 0) is 0 Å². The van der Waals surface area contributed by atoms with Crippen LogP contribution in [0.2, 0.25) is 0 Å². The number of benzene rings is 1. The Balaban J connectivity index is 2.76. The number of aliphatic hydroxyl groups is 1. The molecular weight excluding hydrogens is 268 g/mol. The number of anilines is 1. The monoisotopic (exact) mass is 289 g/mol. The van der Waals surface area contributed by atoms with Crippen molar-refractivity contribution in [2.75, 3.05) is 18.5 Å². The number of hydrogen-bond acceptors (Lipinski definition) is 3. The van der Waals surface area contributed by atoms with E-state index in [9.17, 15) is 13.9 Å². The minimum Gasteiger partial charge on any atom is -0.396 e. The van der Waals surface area contributed by atoms with Gasteiger partial charge in [-0.25, -0.2) is 0 Å². The molecule has 0 heterocycles. The number of thioether (sulfide) groups is 1. The molecule has 0 saturated heterocycles. The second-order valence-electron chi connectivity index (χ2n) is 4.59. The van der Waals surface area contributed by atoms with Crippen LogP contribution in [0.25, 0.3) is 0 Å². The summed E-state index contributed by atoms with van der Waals surface area (Å²) in [5, 5.41) is 12.7. The van der Waals surface area contributed by atoms with Crippen LogP contribution in [0.1, 0.15) is 26.7 Å². The molecule has 1 aromatic rings. The topological polar surface area (TPSA) is 32.3 Å². The summed E-state index contributed by atoms with van der Waals surface area (Å²) in [6.07, 6.45) is 1.69. The zero-order valence-corrected chi connectivity index (χ0v) is 12.1. The summed E-state index contributed by atoms with van der Waals surface area (Å²) in [6, 6.07) is 7.03. The molecule has 2 N–H and O–H groups in total. The van der Waals surface area contributed by atoms with Crippen molar-refractivity contribution in [2.24, 2.45) is 5.41 Å². The Morgan fingerprint density at radius 3 is 2.42 bits per heavy atom. The predicted octanol–water partition coefficient (Wildman–Crippen LogP) is 4.21. The van der Waals surface area contributed by atoms with E-state index >= 15 is 0 Å². The molecule has 0 aromatic heterocycles. The first-order chi connectivity index (χ1) is 9.06. The molecule has 5 heteroatoms. The number of alkyl halides is 2. The summed E-state index contributed by atoms with van der Waals surface area (Å²) >= 11 is 0.540. The van der Waals surface area contributed by atoms with Crippen molar-refractivity contribution in [2.45, 2.75) is 37.3 Å². The second-order valence-corrected chi connectivity index (χ2v) is 5.63. The van der Waals surface area contributed by atoms with Gasteiger partial charge in [0.1, 0.15) is 0 Å². The molecule has 108 valence electrons. The van der Waals surface area contributed by atoms with Crippen molar-refractivity contribution >= 4 is 17.4 Å². The fourth-order valence-corrected chi connectivity index (χ4v) is 2.49. The number of rotatable bonds is 8.